The number of pyridine rings is 2. The molecule has 4 heterocycles. The van der Waals surface area contributed by atoms with Gasteiger partial charge in [0, 0.05) is 23.7 Å². The van der Waals surface area contributed by atoms with Crippen LogP contribution in [0.25, 0.3) is 28.3 Å². The maximum atomic E-state index is 13.6. The summed E-state index contributed by atoms with van der Waals surface area (Å²) in [6.45, 7) is 2.96. The van der Waals surface area contributed by atoms with E-state index in [1.54, 1.807) is 19.2 Å². The van der Waals surface area contributed by atoms with Crippen LogP contribution >= 0.6 is 0 Å². The number of alkyl halides is 2. The minimum absolute atomic E-state index is 0.225. The Balaban J connectivity index is 0.000000806. The van der Waals surface area contributed by atoms with Gasteiger partial charge in [0.1, 0.15) is 17.2 Å². The van der Waals surface area contributed by atoms with Crippen LogP contribution in [0.1, 0.15) is 11.4 Å². The van der Waals surface area contributed by atoms with Gasteiger partial charge in [-0.2, -0.15) is 0 Å². The lowest BCUT2D eigenvalue weighted by Crippen LogP contribution is -2.07. The van der Waals surface area contributed by atoms with Crippen molar-refractivity contribution >= 4 is 12.1 Å². The molecule has 0 aromatic carbocycles. The molecule has 0 saturated heterocycles. The number of hydrogen-bond donors (Lipinski definition) is 1. The Morgan fingerprint density at radius 3 is 2.57 bits per heavy atom. The summed E-state index contributed by atoms with van der Waals surface area (Å²) in [6, 6.07) is 6.43. The number of halogens is 3. The molecular weight excluding hydrogens is 397 g/mol. The number of fused-ring (bicyclic) bond motifs is 1. The van der Waals surface area contributed by atoms with Crippen molar-refractivity contribution in [1.82, 2.24) is 23.9 Å². The first kappa shape index (κ1) is 21.0. The van der Waals surface area contributed by atoms with Crippen molar-refractivity contribution < 1.29 is 18.0 Å². The zero-order valence-corrected chi connectivity index (χ0v) is 16.3. The summed E-state index contributed by atoms with van der Waals surface area (Å²) >= 11 is 0. The fourth-order valence-corrected chi connectivity index (χ4v) is 3.08. The molecule has 156 valence electrons. The molecule has 4 aromatic rings. The van der Waals surface area contributed by atoms with Crippen molar-refractivity contribution in [2.45, 2.75) is 26.8 Å². The normalized spacial score (nSPS) is 10.9. The second kappa shape index (κ2) is 8.76. The maximum Gasteiger partial charge on any atom is 0.256 e. The molecule has 0 fully saturated rings. The Morgan fingerprint density at radius 1 is 1.17 bits per heavy atom. The zero-order chi connectivity index (χ0) is 21.8. The number of nitrogens with zero attached hydrogens (tertiary/aromatic N) is 5. The van der Waals surface area contributed by atoms with Gasteiger partial charge in [0.15, 0.2) is 0 Å². The van der Waals surface area contributed by atoms with Crippen LogP contribution in [0.15, 0.2) is 43.0 Å². The molecule has 0 saturated carbocycles. The van der Waals surface area contributed by atoms with Crippen LogP contribution in [-0.4, -0.2) is 36.8 Å². The molecule has 0 aliphatic heterocycles. The average Bonchev–Trinajstić information content (AvgIpc) is 3.28. The molecule has 10 heteroatoms. The highest BCUT2D eigenvalue weighted by atomic mass is 19.3. The van der Waals surface area contributed by atoms with E-state index in [0.717, 1.165) is 11.3 Å². The minimum atomic E-state index is -2.53. The third-order valence-corrected chi connectivity index (χ3v) is 4.40. The number of nitrogens with two attached hydrogens (primary N) is 1. The Bertz CT molecular complexity index is 1180. The largest absolute Gasteiger partial charge is 0.372 e. The second-order valence-electron chi connectivity index (χ2n) is 6.43. The summed E-state index contributed by atoms with van der Waals surface area (Å²) in [4.78, 5) is 21.4. The molecule has 0 unspecified atom stereocenters. The van der Waals surface area contributed by atoms with Crippen LogP contribution in [0, 0.1) is 19.7 Å². The highest BCUT2D eigenvalue weighted by Crippen LogP contribution is 2.31. The van der Waals surface area contributed by atoms with Gasteiger partial charge in [-0.05, 0) is 38.1 Å². The van der Waals surface area contributed by atoms with Crippen LogP contribution < -0.4 is 5.73 Å². The Morgan fingerprint density at radius 2 is 1.90 bits per heavy atom. The number of carbonyl (C=O) groups excluding carboxylic acids is 1. The molecule has 0 aliphatic rings. The quantitative estimate of drug-likeness (QED) is 0.517. The number of hydrogen-bond acceptors (Lipinski definition) is 4. The van der Waals surface area contributed by atoms with E-state index in [1.807, 2.05) is 23.6 Å². The predicted octanol–water partition coefficient (Wildman–Crippen LogP) is 3.38. The molecule has 0 aliphatic carbocycles. The zero-order valence-electron chi connectivity index (χ0n) is 16.3. The lowest BCUT2D eigenvalue weighted by Gasteiger charge is -2.11. The minimum Gasteiger partial charge on any atom is -0.372 e. The standard InChI is InChI=1S/C19H16F3N5.CH3NO/c1-11-7-23-17-6-3-13(8-27(11)17)19-18(24-10-26(19)9-16(21)22)15-5-4-14(20)12(2)25-15;2-1-3/h3-8,10,16H,9H2,1-2H3;1H,(H2,2,3). The number of primary amides is 1. The SMILES string of the molecule is Cc1nc(-c2ncn(CC(F)F)c2-c2ccc3ncc(C)n3c2)ccc1F.NC=O. The summed E-state index contributed by atoms with van der Waals surface area (Å²) in [5.41, 5.74) is 8.12. The molecule has 0 radical (unpaired) electrons. The summed E-state index contributed by atoms with van der Waals surface area (Å²) < 4.78 is 43.0. The first-order valence-electron chi connectivity index (χ1n) is 8.92. The summed E-state index contributed by atoms with van der Waals surface area (Å²) in [5.74, 6) is -0.428. The van der Waals surface area contributed by atoms with Crippen molar-refractivity contribution in [1.29, 1.82) is 0 Å². The van der Waals surface area contributed by atoms with E-state index in [2.05, 4.69) is 20.7 Å². The first-order valence-corrected chi connectivity index (χ1v) is 8.92. The molecule has 30 heavy (non-hydrogen) atoms. The topological polar surface area (TPSA) is 91.1 Å². The van der Waals surface area contributed by atoms with Gasteiger partial charge in [0.05, 0.1) is 30.0 Å². The van der Waals surface area contributed by atoms with E-state index in [-0.39, 0.29) is 12.1 Å². The van der Waals surface area contributed by atoms with Gasteiger partial charge in [-0.3, -0.25) is 4.79 Å². The molecule has 4 aromatic heterocycles. The number of rotatable bonds is 4. The molecule has 2 N–H and O–H groups in total. The summed E-state index contributed by atoms with van der Waals surface area (Å²) in [5, 5.41) is 0. The molecule has 7 nitrogen and oxygen atoms in total. The summed E-state index contributed by atoms with van der Waals surface area (Å²) in [7, 11) is 0. The van der Waals surface area contributed by atoms with E-state index in [0.29, 0.717) is 22.6 Å². The molecule has 0 bridgehead atoms. The third kappa shape index (κ3) is 4.17. The molecule has 0 spiro atoms. The third-order valence-electron chi connectivity index (χ3n) is 4.40. The molecule has 4 rings (SSSR count). The monoisotopic (exact) mass is 416 g/mol. The van der Waals surface area contributed by atoms with Gasteiger partial charge in [-0.1, -0.05) is 0 Å². The number of carbonyl (C=O) groups is 1. The fraction of sp³-hybridized carbons (Fsp3) is 0.200. The highest BCUT2D eigenvalue weighted by molar-refractivity contribution is 5.77. The number of amides is 1. The summed E-state index contributed by atoms with van der Waals surface area (Å²) in [6.07, 6.45) is 2.65. The van der Waals surface area contributed by atoms with Gasteiger partial charge in [-0.15, -0.1) is 0 Å². The van der Waals surface area contributed by atoms with E-state index in [4.69, 9.17) is 4.79 Å². The smallest absolute Gasteiger partial charge is 0.256 e. The van der Waals surface area contributed by atoms with Gasteiger partial charge in [0.2, 0.25) is 6.41 Å². The van der Waals surface area contributed by atoms with Crippen molar-refractivity contribution in [2.75, 3.05) is 0 Å². The van der Waals surface area contributed by atoms with Gasteiger partial charge >= 0.3 is 0 Å². The van der Waals surface area contributed by atoms with Crippen LogP contribution in [0.5, 0.6) is 0 Å². The van der Waals surface area contributed by atoms with Crippen LogP contribution in [0.3, 0.4) is 0 Å². The van der Waals surface area contributed by atoms with E-state index < -0.39 is 18.8 Å². The number of aryl methyl sites for hydroxylation is 2. The Kier molecular flexibility index (Phi) is 6.14. The van der Waals surface area contributed by atoms with Crippen molar-refractivity contribution in [3.05, 3.63) is 60.2 Å². The lowest BCUT2D eigenvalue weighted by molar-refractivity contribution is -0.106. The van der Waals surface area contributed by atoms with Crippen molar-refractivity contribution in [3.63, 3.8) is 0 Å². The molecule has 0 atom stereocenters. The van der Waals surface area contributed by atoms with Gasteiger partial charge < -0.3 is 14.7 Å². The van der Waals surface area contributed by atoms with E-state index >= 15 is 0 Å². The predicted molar refractivity (Wildman–Crippen MR) is 105 cm³/mol. The second-order valence-corrected chi connectivity index (χ2v) is 6.43. The Hall–Kier alpha value is -3.69. The highest BCUT2D eigenvalue weighted by Gasteiger charge is 2.19. The number of imidazole rings is 2. The fourth-order valence-electron chi connectivity index (χ4n) is 3.08. The van der Waals surface area contributed by atoms with Crippen LogP contribution in [0.4, 0.5) is 13.2 Å². The molecular formula is C20H19F3N6O. The number of aromatic nitrogens is 5. The van der Waals surface area contributed by atoms with Crippen LogP contribution in [0.2, 0.25) is 0 Å². The average molecular weight is 416 g/mol. The lowest BCUT2D eigenvalue weighted by atomic mass is 10.1. The van der Waals surface area contributed by atoms with Crippen molar-refractivity contribution in [2.24, 2.45) is 5.73 Å². The van der Waals surface area contributed by atoms with Gasteiger partial charge in [0.25, 0.3) is 6.43 Å². The van der Waals surface area contributed by atoms with Gasteiger partial charge in [-0.25, -0.2) is 28.1 Å². The van der Waals surface area contributed by atoms with Crippen LogP contribution in [-0.2, 0) is 11.3 Å². The maximum absolute atomic E-state index is 13.6. The first-order chi connectivity index (χ1) is 14.3. The van der Waals surface area contributed by atoms with E-state index in [1.165, 1.54) is 23.0 Å². The molecule has 1 amide bonds. The van der Waals surface area contributed by atoms with Crippen molar-refractivity contribution in [3.8, 4) is 22.6 Å². The Labute approximate surface area is 170 Å². The van der Waals surface area contributed by atoms with E-state index in [9.17, 15) is 13.2 Å².